The minimum absolute atomic E-state index is 0.697. The molecule has 0 radical (unpaired) electrons. The van der Waals surface area contributed by atoms with Gasteiger partial charge >= 0.3 is 0 Å². The van der Waals surface area contributed by atoms with Gasteiger partial charge in [0.2, 0.25) is 0 Å². The molecule has 0 fully saturated rings. The van der Waals surface area contributed by atoms with Crippen LogP contribution in [0, 0.1) is 32.1 Å². The van der Waals surface area contributed by atoms with Crippen LogP contribution in [0.25, 0.3) is 11.0 Å². The van der Waals surface area contributed by atoms with Crippen molar-refractivity contribution in [2.75, 3.05) is 0 Å². The molecule has 0 spiro atoms. The highest BCUT2D eigenvalue weighted by Crippen LogP contribution is 2.24. The summed E-state index contributed by atoms with van der Waals surface area (Å²) in [6.07, 6.45) is 0. The number of aromatic nitrogens is 3. The number of nitriles is 1. The first kappa shape index (κ1) is 9.66. The number of aryl methyl sites for hydroxylation is 3. The maximum atomic E-state index is 9.16. The second kappa shape index (κ2) is 3.06. The van der Waals surface area contributed by atoms with Crippen LogP contribution in [0.1, 0.15) is 22.5 Å². The quantitative estimate of drug-likeness (QED) is 0.651. The van der Waals surface area contributed by atoms with Crippen LogP contribution >= 0.6 is 0 Å². The van der Waals surface area contributed by atoms with Crippen molar-refractivity contribution in [3.05, 3.63) is 22.5 Å². The number of fused-ring (bicyclic) bond motifs is 1. The summed E-state index contributed by atoms with van der Waals surface area (Å²) in [6, 6.07) is 2.24. The first-order valence-electron chi connectivity index (χ1n) is 4.77. The van der Waals surface area contributed by atoms with Crippen LogP contribution in [0.15, 0.2) is 0 Å². The molecule has 0 N–H and O–H groups in total. The lowest BCUT2D eigenvalue weighted by Gasteiger charge is -2.03. The number of hydrogen-bond donors (Lipinski definition) is 0. The van der Waals surface area contributed by atoms with Gasteiger partial charge in [-0.25, -0.2) is 4.98 Å². The summed E-state index contributed by atoms with van der Waals surface area (Å²) in [4.78, 5) is 4.45. The Morgan fingerprint density at radius 1 is 1.20 bits per heavy atom. The van der Waals surface area contributed by atoms with Crippen molar-refractivity contribution in [2.24, 2.45) is 7.05 Å². The van der Waals surface area contributed by atoms with Gasteiger partial charge in [-0.1, -0.05) is 0 Å². The van der Waals surface area contributed by atoms with Crippen LogP contribution in [0.3, 0.4) is 0 Å². The van der Waals surface area contributed by atoms with Crippen LogP contribution in [-0.4, -0.2) is 14.8 Å². The summed E-state index contributed by atoms with van der Waals surface area (Å²) in [7, 11) is 1.85. The van der Waals surface area contributed by atoms with Crippen molar-refractivity contribution in [3.63, 3.8) is 0 Å². The van der Waals surface area contributed by atoms with Crippen molar-refractivity contribution in [1.82, 2.24) is 14.8 Å². The molecule has 0 unspecified atom stereocenters. The fourth-order valence-electron chi connectivity index (χ4n) is 1.82. The highest BCUT2D eigenvalue weighted by atomic mass is 15.3. The molecule has 2 aromatic heterocycles. The van der Waals surface area contributed by atoms with E-state index in [4.69, 9.17) is 5.26 Å². The van der Waals surface area contributed by atoms with Crippen LogP contribution in [-0.2, 0) is 7.05 Å². The molecule has 0 amide bonds. The predicted molar refractivity (Wildman–Crippen MR) is 57.4 cm³/mol. The molecular formula is C11H12N4. The van der Waals surface area contributed by atoms with Gasteiger partial charge in [0.05, 0.1) is 16.6 Å². The van der Waals surface area contributed by atoms with Gasteiger partial charge in [-0.2, -0.15) is 10.4 Å². The third-order valence-electron chi connectivity index (χ3n) is 2.75. The molecular weight excluding hydrogens is 188 g/mol. The molecule has 4 nitrogen and oxygen atoms in total. The minimum atomic E-state index is 0.697. The van der Waals surface area contributed by atoms with E-state index in [0.717, 1.165) is 28.0 Å². The van der Waals surface area contributed by atoms with Crippen LogP contribution in [0.5, 0.6) is 0 Å². The van der Waals surface area contributed by atoms with E-state index in [1.54, 1.807) is 4.68 Å². The second-order valence-corrected chi connectivity index (χ2v) is 3.72. The van der Waals surface area contributed by atoms with Crippen LogP contribution in [0.2, 0.25) is 0 Å². The molecule has 15 heavy (non-hydrogen) atoms. The van der Waals surface area contributed by atoms with E-state index in [-0.39, 0.29) is 0 Å². The predicted octanol–water partition coefficient (Wildman–Crippen LogP) is 1.77. The van der Waals surface area contributed by atoms with Crippen molar-refractivity contribution < 1.29 is 0 Å². The van der Waals surface area contributed by atoms with Gasteiger partial charge in [-0.15, -0.1) is 0 Å². The molecule has 0 aliphatic rings. The Labute approximate surface area is 88.2 Å². The third kappa shape index (κ3) is 1.20. The minimum Gasteiger partial charge on any atom is -0.250 e. The molecule has 0 aliphatic carbocycles. The Bertz CT molecular complexity index is 587. The van der Waals surface area contributed by atoms with Gasteiger partial charge in [0, 0.05) is 12.7 Å². The zero-order valence-electron chi connectivity index (χ0n) is 9.29. The monoisotopic (exact) mass is 200 g/mol. The summed E-state index contributed by atoms with van der Waals surface area (Å²) in [5.41, 5.74) is 4.18. The van der Waals surface area contributed by atoms with Crippen molar-refractivity contribution in [1.29, 1.82) is 5.26 Å². The maximum absolute atomic E-state index is 9.16. The van der Waals surface area contributed by atoms with E-state index in [9.17, 15) is 0 Å². The fraction of sp³-hybridized carbons (Fsp3) is 0.364. The smallest absolute Gasteiger partial charge is 0.159 e. The number of pyridine rings is 1. The molecule has 0 saturated heterocycles. The van der Waals surface area contributed by atoms with Crippen molar-refractivity contribution in [3.8, 4) is 6.07 Å². The molecule has 4 heteroatoms. The average molecular weight is 200 g/mol. The molecule has 0 aromatic carbocycles. The largest absolute Gasteiger partial charge is 0.250 e. The van der Waals surface area contributed by atoms with E-state index in [0.29, 0.717) is 5.56 Å². The second-order valence-electron chi connectivity index (χ2n) is 3.72. The van der Waals surface area contributed by atoms with Gasteiger partial charge in [0.25, 0.3) is 0 Å². The highest BCUT2D eigenvalue weighted by Gasteiger charge is 2.15. The van der Waals surface area contributed by atoms with Gasteiger partial charge in [0.15, 0.2) is 5.65 Å². The maximum Gasteiger partial charge on any atom is 0.159 e. The topological polar surface area (TPSA) is 54.5 Å². The fourth-order valence-corrected chi connectivity index (χ4v) is 1.82. The van der Waals surface area contributed by atoms with Crippen LogP contribution in [0.4, 0.5) is 0 Å². The lowest BCUT2D eigenvalue weighted by molar-refractivity contribution is 0.772. The lowest BCUT2D eigenvalue weighted by atomic mass is 10.0. The summed E-state index contributed by atoms with van der Waals surface area (Å²) in [5, 5.41) is 14.3. The third-order valence-corrected chi connectivity index (χ3v) is 2.75. The standard InChI is InChI=1S/C11H12N4/c1-6-7(2)13-11-10(9(6)5-12)8(3)14-15(11)4/h1-4H3. The van der Waals surface area contributed by atoms with Gasteiger partial charge < -0.3 is 0 Å². The van der Waals surface area contributed by atoms with Gasteiger partial charge in [-0.3, -0.25) is 4.68 Å². The SMILES string of the molecule is Cc1nc2c(c(C)nn2C)c(C#N)c1C. The van der Waals surface area contributed by atoms with Gasteiger partial charge in [0.1, 0.15) is 6.07 Å². The van der Waals surface area contributed by atoms with Gasteiger partial charge in [-0.05, 0) is 26.3 Å². The summed E-state index contributed by atoms with van der Waals surface area (Å²) < 4.78 is 1.72. The van der Waals surface area contributed by atoms with E-state index in [2.05, 4.69) is 16.2 Å². The molecule has 2 heterocycles. The van der Waals surface area contributed by atoms with Crippen molar-refractivity contribution >= 4 is 11.0 Å². The zero-order chi connectivity index (χ0) is 11.2. The zero-order valence-corrected chi connectivity index (χ0v) is 9.29. The summed E-state index contributed by atoms with van der Waals surface area (Å²) >= 11 is 0. The summed E-state index contributed by atoms with van der Waals surface area (Å²) in [6.45, 7) is 5.74. The number of nitrogens with zero attached hydrogens (tertiary/aromatic N) is 4. The first-order chi connectivity index (χ1) is 7.06. The lowest BCUT2D eigenvalue weighted by Crippen LogP contribution is -1.97. The average Bonchev–Trinajstić information content (AvgIpc) is 2.45. The van der Waals surface area contributed by atoms with E-state index in [1.165, 1.54) is 0 Å². The molecule has 2 rings (SSSR count). The summed E-state index contributed by atoms with van der Waals surface area (Å²) in [5.74, 6) is 0. The molecule has 2 aromatic rings. The Morgan fingerprint density at radius 2 is 1.87 bits per heavy atom. The Morgan fingerprint density at radius 3 is 2.47 bits per heavy atom. The van der Waals surface area contributed by atoms with Crippen molar-refractivity contribution in [2.45, 2.75) is 20.8 Å². The molecule has 0 atom stereocenters. The molecule has 0 bridgehead atoms. The Kier molecular flexibility index (Phi) is 1.97. The molecule has 76 valence electrons. The van der Waals surface area contributed by atoms with E-state index < -0.39 is 0 Å². The number of rotatable bonds is 0. The highest BCUT2D eigenvalue weighted by molar-refractivity contribution is 5.86. The Balaban J connectivity index is 3.06. The molecule has 0 aliphatic heterocycles. The normalized spacial score (nSPS) is 10.6. The number of hydrogen-bond acceptors (Lipinski definition) is 3. The van der Waals surface area contributed by atoms with E-state index in [1.807, 2.05) is 27.8 Å². The Hall–Kier alpha value is -1.89. The van der Waals surface area contributed by atoms with E-state index >= 15 is 0 Å². The molecule has 0 saturated carbocycles. The first-order valence-corrected chi connectivity index (χ1v) is 4.77. The van der Waals surface area contributed by atoms with Crippen LogP contribution < -0.4 is 0 Å².